The molecule has 3 aliphatic heterocycles. The molecule has 1 aliphatic carbocycles. The number of anilines is 1. The highest BCUT2D eigenvalue weighted by molar-refractivity contribution is 6.31. The molecule has 2 saturated heterocycles. The van der Waals surface area contributed by atoms with Crippen LogP contribution < -0.4 is 10.6 Å². The standard InChI is InChI=1S/C27H28ClN3O3/c28-17-12-13-20-19(15-17)27(26(34)29-20)23-22(21(30-27)14-16-8-4-3-5-9-16)24(32)31(25(23)33)18-10-6-1-2-7-11-18/h3-5,8-9,12-13,15,18,21-23,30H,1-2,6-7,10-11,14H2,(H,29,34)/t21-,22+,23-,27+/m0/s1. The summed E-state index contributed by atoms with van der Waals surface area (Å²) in [5.41, 5.74) is 1.08. The Bertz CT molecular complexity index is 1160. The van der Waals surface area contributed by atoms with E-state index in [2.05, 4.69) is 10.6 Å². The van der Waals surface area contributed by atoms with Gasteiger partial charge in [0.25, 0.3) is 0 Å². The molecule has 3 fully saturated rings. The smallest absolute Gasteiger partial charge is 0.250 e. The van der Waals surface area contributed by atoms with Crippen molar-refractivity contribution in [1.29, 1.82) is 0 Å². The number of nitrogens with one attached hydrogen (secondary N) is 2. The third kappa shape index (κ3) is 3.15. The number of fused-ring (bicyclic) bond motifs is 4. The average Bonchev–Trinajstić information content (AvgIpc) is 3.28. The number of imide groups is 1. The van der Waals surface area contributed by atoms with Crippen molar-refractivity contribution in [3.8, 4) is 0 Å². The van der Waals surface area contributed by atoms with Crippen LogP contribution in [0.4, 0.5) is 5.69 Å². The van der Waals surface area contributed by atoms with E-state index in [1.807, 2.05) is 30.3 Å². The summed E-state index contributed by atoms with van der Waals surface area (Å²) in [5.74, 6) is -1.99. The zero-order valence-corrected chi connectivity index (χ0v) is 19.7. The highest BCUT2D eigenvalue weighted by Gasteiger charge is 2.70. The van der Waals surface area contributed by atoms with Crippen LogP contribution in [0.15, 0.2) is 48.5 Å². The van der Waals surface area contributed by atoms with Gasteiger partial charge >= 0.3 is 0 Å². The minimum absolute atomic E-state index is 0.0779. The van der Waals surface area contributed by atoms with Crippen LogP contribution in [0.1, 0.15) is 49.7 Å². The maximum Gasteiger partial charge on any atom is 0.250 e. The van der Waals surface area contributed by atoms with Crippen LogP contribution in [0.2, 0.25) is 5.02 Å². The number of nitrogens with zero attached hydrogens (tertiary/aromatic N) is 1. The number of amides is 3. The minimum atomic E-state index is -1.30. The molecule has 0 unspecified atom stereocenters. The second kappa shape index (κ2) is 8.21. The quantitative estimate of drug-likeness (QED) is 0.517. The van der Waals surface area contributed by atoms with Crippen LogP contribution in [0, 0.1) is 11.8 Å². The molecule has 1 saturated carbocycles. The van der Waals surface area contributed by atoms with Crippen LogP contribution in [0.5, 0.6) is 0 Å². The molecule has 0 aromatic heterocycles. The van der Waals surface area contributed by atoms with Crippen molar-refractivity contribution in [2.24, 2.45) is 11.8 Å². The van der Waals surface area contributed by atoms with Gasteiger partial charge in [0.05, 0.1) is 11.8 Å². The number of likely N-dealkylation sites (tertiary alicyclic amines) is 1. The number of halogens is 1. The van der Waals surface area contributed by atoms with Crippen LogP contribution in [0.25, 0.3) is 0 Å². The van der Waals surface area contributed by atoms with Gasteiger partial charge in [-0.05, 0) is 43.0 Å². The van der Waals surface area contributed by atoms with Crippen molar-refractivity contribution in [3.05, 3.63) is 64.7 Å². The molecule has 4 aliphatic rings. The maximum absolute atomic E-state index is 14.1. The summed E-state index contributed by atoms with van der Waals surface area (Å²) in [4.78, 5) is 43.1. The van der Waals surface area contributed by atoms with Crippen LogP contribution in [-0.4, -0.2) is 34.7 Å². The minimum Gasteiger partial charge on any atom is -0.324 e. The molecule has 4 atom stereocenters. The van der Waals surface area contributed by atoms with E-state index in [0.29, 0.717) is 22.7 Å². The fourth-order valence-corrected chi connectivity index (χ4v) is 6.89. The fraction of sp³-hybridized carbons (Fsp3) is 0.444. The largest absolute Gasteiger partial charge is 0.324 e. The molecule has 1 spiro atoms. The summed E-state index contributed by atoms with van der Waals surface area (Å²) in [7, 11) is 0. The summed E-state index contributed by atoms with van der Waals surface area (Å²) in [6, 6.07) is 14.8. The molecule has 3 heterocycles. The van der Waals surface area contributed by atoms with Gasteiger partial charge in [0.1, 0.15) is 5.54 Å². The predicted octanol–water partition coefficient (Wildman–Crippen LogP) is 4.03. The molecule has 6 rings (SSSR count). The number of rotatable bonds is 3. The van der Waals surface area contributed by atoms with Crippen LogP contribution in [-0.2, 0) is 26.3 Å². The molecule has 2 N–H and O–H groups in total. The number of carbonyl (C=O) groups excluding carboxylic acids is 3. The molecule has 7 heteroatoms. The lowest BCUT2D eigenvalue weighted by Gasteiger charge is -2.32. The van der Waals surface area contributed by atoms with Gasteiger partial charge in [-0.1, -0.05) is 67.6 Å². The Kier molecular flexibility index (Phi) is 5.26. The first-order chi connectivity index (χ1) is 16.5. The second-order valence-electron chi connectivity index (χ2n) is 10.1. The van der Waals surface area contributed by atoms with Gasteiger partial charge < -0.3 is 5.32 Å². The molecular weight excluding hydrogens is 450 g/mol. The monoisotopic (exact) mass is 477 g/mol. The van der Waals surface area contributed by atoms with Gasteiger partial charge in [-0.2, -0.15) is 0 Å². The zero-order valence-electron chi connectivity index (χ0n) is 18.9. The number of hydrogen-bond acceptors (Lipinski definition) is 4. The first kappa shape index (κ1) is 21.8. The third-order valence-electron chi connectivity index (χ3n) is 8.20. The molecule has 34 heavy (non-hydrogen) atoms. The van der Waals surface area contributed by atoms with Gasteiger partial charge in [0.15, 0.2) is 0 Å². The second-order valence-corrected chi connectivity index (χ2v) is 10.5. The van der Waals surface area contributed by atoms with E-state index >= 15 is 0 Å². The predicted molar refractivity (Wildman–Crippen MR) is 129 cm³/mol. The molecule has 3 amide bonds. The van der Waals surface area contributed by atoms with Gasteiger partial charge in [-0.15, -0.1) is 0 Å². The lowest BCUT2D eigenvalue weighted by molar-refractivity contribution is -0.145. The molecule has 2 aromatic rings. The summed E-state index contributed by atoms with van der Waals surface area (Å²) in [6.07, 6.45) is 6.56. The highest BCUT2D eigenvalue weighted by Crippen LogP contribution is 2.54. The number of benzene rings is 2. The Morgan fingerprint density at radius 1 is 0.941 bits per heavy atom. The van der Waals surface area contributed by atoms with E-state index < -0.39 is 17.4 Å². The highest BCUT2D eigenvalue weighted by atomic mass is 35.5. The third-order valence-corrected chi connectivity index (χ3v) is 8.43. The van der Waals surface area contributed by atoms with Gasteiger partial charge in [-0.25, -0.2) is 0 Å². The van der Waals surface area contributed by atoms with E-state index in [4.69, 9.17) is 11.6 Å². The topological polar surface area (TPSA) is 78.5 Å². The van der Waals surface area contributed by atoms with Crippen molar-refractivity contribution in [2.45, 2.75) is 62.6 Å². The Morgan fingerprint density at radius 3 is 2.41 bits per heavy atom. The van der Waals surface area contributed by atoms with Crippen molar-refractivity contribution in [2.75, 3.05) is 5.32 Å². The normalized spacial score (nSPS) is 31.0. The molecule has 2 aromatic carbocycles. The lowest BCUT2D eigenvalue weighted by Crippen LogP contribution is -2.54. The van der Waals surface area contributed by atoms with Crippen molar-refractivity contribution in [1.82, 2.24) is 10.2 Å². The Hall–Kier alpha value is -2.70. The van der Waals surface area contributed by atoms with Gasteiger partial charge in [0.2, 0.25) is 17.7 Å². The zero-order chi connectivity index (χ0) is 23.4. The Balaban J connectivity index is 1.46. The Morgan fingerprint density at radius 2 is 1.68 bits per heavy atom. The van der Waals surface area contributed by atoms with Crippen LogP contribution in [0.3, 0.4) is 0 Å². The first-order valence-electron chi connectivity index (χ1n) is 12.3. The van der Waals surface area contributed by atoms with E-state index in [-0.39, 0.29) is 29.8 Å². The van der Waals surface area contributed by atoms with Crippen molar-refractivity contribution in [3.63, 3.8) is 0 Å². The van der Waals surface area contributed by atoms with E-state index in [0.717, 1.165) is 44.1 Å². The summed E-state index contributed by atoms with van der Waals surface area (Å²) >= 11 is 6.35. The molecular formula is C27H28ClN3O3. The van der Waals surface area contributed by atoms with Gasteiger partial charge in [-0.3, -0.25) is 24.6 Å². The first-order valence-corrected chi connectivity index (χ1v) is 12.7. The molecule has 0 bridgehead atoms. The summed E-state index contributed by atoms with van der Waals surface area (Å²) < 4.78 is 0. The molecule has 6 nitrogen and oxygen atoms in total. The number of hydrogen-bond donors (Lipinski definition) is 2. The fourth-order valence-electron chi connectivity index (χ4n) is 6.72. The average molecular weight is 478 g/mol. The van der Waals surface area contributed by atoms with Gasteiger partial charge in [0, 0.05) is 28.4 Å². The summed E-state index contributed by atoms with van der Waals surface area (Å²) in [6.45, 7) is 0. The van der Waals surface area contributed by atoms with E-state index in [9.17, 15) is 14.4 Å². The van der Waals surface area contributed by atoms with E-state index in [1.165, 1.54) is 4.90 Å². The maximum atomic E-state index is 14.1. The SMILES string of the molecule is O=C1[C@@H]2[C@H](Cc3ccccc3)N[C@@]3(C(=O)Nc4ccc(Cl)cc43)[C@@H]2C(=O)N1C1CCCCCC1. The van der Waals surface area contributed by atoms with Crippen molar-refractivity contribution >= 4 is 35.0 Å². The number of carbonyl (C=O) groups is 3. The molecule has 176 valence electrons. The Labute approximate surface area is 204 Å². The van der Waals surface area contributed by atoms with Crippen molar-refractivity contribution < 1.29 is 14.4 Å². The van der Waals surface area contributed by atoms with E-state index in [1.54, 1.807) is 18.2 Å². The summed E-state index contributed by atoms with van der Waals surface area (Å²) in [5, 5.41) is 6.96. The lowest BCUT2D eigenvalue weighted by atomic mass is 9.76. The van der Waals surface area contributed by atoms with Crippen LogP contribution >= 0.6 is 11.6 Å². The molecule has 0 radical (unpaired) electrons.